The predicted octanol–water partition coefficient (Wildman–Crippen LogP) is 4.05. The zero-order valence-corrected chi connectivity index (χ0v) is 8.46. The molecule has 0 saturated carbocycles. The normalized spacial score (nSPS) is 11.6. The van der Waals surface area contributed by atoms with Crippen LogP contribution in [0.1, 0.15) is 11.1 Å². The fourth-order valence-corrected chi connectivity index (χ4v) is 2.36. The van der Waals surface area contributed by atoms with Crippen LogP contribution in [0.25, 0.3) is 21.5 Å². The van der Waals surface area contributed by atoms with Gasteiger partial charge < -0.3 is 0 Å². The highest BCUT2D eigenvalue weighted by Gasteiger charge is 2.05. The highest BCUT2D eigenvalue weighted by molar-refractivity contribution is 6.03. The van der Waals surface area contributed by atoms with Crippen LogP contribution in [0.3, 0.4) is 0 Å². The van der Waals surface area contributed by atoms with E-state index in [1.807, 2.05) is 0 Å². The topological polar surface area (TPSA) is 0 Å². The Hall–Kier alpha value is -1.56. The molecule has 0 saturated heterocycles. The molecular weight excluding hydrogens is 168 g/mol. The lowest BCUT2D eigenvalue weighted by molar-refractivity contribution is 1.50. The Morgan fingerprint density at radius 3 is 1.93 bits per heavy atom. The van der Waals surface area contributed by atoms with E-state index in [0.717, 1.165) is 0 Å². The molecule has 0 aliphatic rings. The van der Waals surface area contributed by atoms with Gasteiger partial charge in [0.25, 0.3) is 0 Å². The summed E-state index contributed by atoms with van der Waals surface area (Å²) in [6.07, 6.45) is 0. The van der Waals surface area contributed by atoms with Crippen molar-refractivity contribution in [3.8, 4) is 0 Å². The lowest BCUT2D eigenvalue weighted by Crippen LogP contribution is -1.85. The van der Waals surface area contributed by atoms with Gasteiger partial charge in [0, 0.05) is 0 Å². The summed E-state index contributed by atoms with van der Waals surface area (Å²) in [5.41, 5.74) is 2.77. The lowest BCUT2D eigenvalue weighted by atomic mass is 9.94. The lowest BCUT2D eigenvalue weighted by Gasteiger charge is -2.10. The second-order valence-corrected chi connectivity index (χ2v) is 4.07. The van der Waals surface area contributed by atoms with Crippen LogP contribution in [0.15, 0.2) is 36.4 Å². The maximum Gasteiger partial charge on any atom is -0.0148 e. The summed E-state index contributed by atoms with van der Waals surface area (Å²) in [6.45, 7) is 4.37. The molecule has 0 aliphatic heterocycles. The Bertz CT molecular complexity index is 558. The van der Waals surface area contributed by atoms with E-state index in [1.165, 1.54) is 32.7 Å². The van der Waals surface area contributed by atoms with Crippen LogP contribution in [0.2, 0.25) is 0 Å². The van der Waals surface area contributed by atoms with Crippen molar-refractivity contribution >= 4 is 21.5 Å². The molecule has 0 unspecified atom stereocenters. The van der Waals surface area contributed by atoms with Crippen LogP contribution in [0.5, 0.6) is 0 Å². The molecule has 3 aromatic carbocycles. The molecule has 0 heterocycles. The monoisotopic (exact) mass is 180 g/mol. The summed E-state index contributed by atoms with van der Waals surface area (Å²) in [5.74, 6) is 0. The van der Waals surface area contributed by atoms with E-state index in [0.29, 0.717) is 0 Å². The van der Waals surface area contributed by atoms with Gasteiger partial charge in [-0.1, -0.05) is 30.3 Å². The van der Waals surface area contributed by atoms with Gasteiger partial charge in [-0.2, -0.15) is 0 Å². The van der Waals surface area contributed by atoms with E-state index < -0.39 is 0 Å². The van der Waals surface area contributed by atoms with Gasteiger partial charge in [0.05, 0.1) is 0 Å². The van der Waals surface area contributed by atoms with E-state index in [9.17, 15) is 0 Å². The largest absolute Gasteiger partial charge is 0.0610 e. The minimum atomic E-state index is 1.35. The molecule has 0 radical (unpaired) electrons. The summed E-state index contributed by atoms with van der Waals surface area (Å²) in [7, 11) is 0. The second kappa shape index (κ2) is 2.48. The summed E-state index contributed by atoms with van der Waals surface area (Å²) in [4.78, 5) is 0. The first-order valence-electron chi connectivity index (χ1n) is 4.98. The van der Waals surface area contributed by atoms with Crippen LogP contribution in [-0.4, -0.2) is 0 Å². The number of hydrogen-bond acceptors (Lipinski definition) is 0. The van der Waals surface area contributed by atoms with Crippen LogP contribution in [-0.2, 0) is 0 Å². The zero-order valence-electron chi connectivity index (χ0n) is 8.46. The van der Waals surface area contributed by atoms with Crippen molar-refractivity contribution in [2.45, 2.75) is 13.8 Å². The van der Waals surface area contributed by atoms with Gasteiger partial charge in [0.1, 0.15) is 0 Å². The standard InChI is InChI=1S/C14H12/c1-9-6-11-8-12(7-9)14-5-3-4-13(11)10(14)2/h3-8H,1-2H3. The second-order valence-electron chi connectivity index (χ2n) is 4.07. The van der Waals surface area contributed by atoms with Crippen molar-refractivity contribution < 1.29 is 0 Å². The third kappa shape index (κ3) is 0.884. The first-order chi connectivity index (χ1) is 6.75. The zero-order chi connectivity index (χ0) is 9.71. The van der Waals surface area contributed by atoms with Crippen molar-refractivity contribution in [1.82, 2.24) is 0 Å². The number of fused-ring (bicyclic) bond motifs is 6. The molecule has 0 fully saturated rings. The van der Waals surface area contributed by atoms with Gasteiger partial charge in [-0.3, -0.25) is 0 Å². The maximum absolute atomic E-state index is 2.28. The van der Waals surface area contributed by atoms with Crippen molar-refractivity contribution in [1.29, 1.82) is 0 Å². The summed E-state index contributed by atoms with van der Waals surface area (Å²) in [6, 6.07) is 13.4. The predicted molar refractivity (Wildman–Crippen MR) is 62.1 cm³/mol. The van der Waals surface area contributed by atoms with Gasteiger partial charge in [-0.15, -0.1) is 0 Å². The SMILES string of the molecule is Cc1cc2cc(c1)c1cccc2c1C. The molecule has 3 rings (SSSR count). The molecule has 4 bridgehead atoms. The molecule has 0 heteroatoms. The first-order valence-corrected chi connectivity index (χ1v) is 4.98. The molecule has 0 atom stereocenters. The van der Waals surface area contributed by atoms with Crippen molar-refractivity contribution in [3.63, 3.8) is 0 Å². The number of aryl methyl sites for hydroxylation is 2. The summed E-state index contributed by atoms with van der Waals surface area (Å²) < 4.78 is 0. The quantitative estimate of drug-likeness (QED) is 0.489. The number of hydrogen-bond donors (Lipinski definition) is 0. The van der Waals surface area contributed by atoms with Gasteiger partial charge in [0.15, 0.2) is 0 Å². The Morgan fingerprint density at radius 2 is 1.36 bits per heavy atom. The van der Waals surface area contributed by atoms with E-state index >= 15 is 0 Å². The maximum atomic E-state index is 2.28. The molecule has 0 aromatic heterocycles. The van der Waals surface area contributed by atoms with Gasteiger partial charge >= 0.3 is 0 Å². The Balaban J connectivity index is 2.71. The molecule has 0 spiro atoms. The minimum Gasteiger partial charge on any atom is -0.0610 e. The first kappa shape index (κ1) is 7.81. The molecule has 0 nitrogen and oxygen atoms in total. The van der Waals surface area contributed by atoms with E-state index in [2.05, 4.69) is 50.2 Å². The highest BCUT2D eigenvalue weighted by atomic mass is 14.1. The van der Waals surface area contributed by atoms with E-state index in [-0.39, 0.29) is 0 Å². The smallest absolute Gasteiger partial charge is 0.0148 e. The van der Waals surface area contributed by atoms with E-state index in [1.54, 1.807) is 0 Å². The Labute approximate surface area is 83.5 Å². The highest BCUT2D eigenvalue weighted by Crippen LogP contribution is 2.30. The van der Waals surface area contributed by atoms with E-state index in [4.69, 9.17) is 0 Å². The molecule has 0 amide bonds. The third-order valence-corrected chi connectivity index (χ3v) is 3.03. The molecule has 0 aliphatic carbocycles. The third-order valence-electron chi connectivity index (χ3n) is 3.03. The van der Waals surface area contributed by atoms with Crippen LogP contribution >= 0.6 is 0 Å². The number of benzene rings is 3. The molecule has 68 valence electrons. The summed E-state index contributed by atoms with van der Waals surface area (Å²) in [5, 5.41) is 5.51. The van der Waals surface area contributed by atoms with Crippen LogP contribution in [0.4, 0.5) is 0 Å². The van der Waals surface area contributed by atoms with Gasteiger partial charge in [0.2, 0.25) is 0 Å². The summed E-state index contributed by atoms with van der Waals surface area (Å²) >= 11 is 0. The van der Waals surface area contributed by atoms with Crippen LogP contribution < -0.4 is 0 Å². The number of rotatable bonds is 0. The van der Waals surface area contributed by atoms with Crippen molar-refractivity contribution in [2.24, 2.45) is 0 Å². The fourth-order valence-electron chi connectivity index (χ4n) is 2.36. The molecular formula is C14H12. The van der Waals surface area contributed by atoms with Crippen LogP contribution in [0, 0.1) is 13.8 Å². The minimum absolute atomic E-state index is 1.35. The van der Waals surface area contributed by atoms with Gasteiger partial charge in [-0.25, -0.2) is 0 Å². The average Bonchev–Trinajstić information content (AvgIpc) is 2.14. The van der Waals surface area contributed by atoms with Crippen molar-refractivity contribution in [3.05, 3.63) is 47.5 Å². The Kier molecular flexibility index (Phi) is 1.38. The molecule has 3 aromatic rings. The van der Waals surface area contributed by atoms with Crippen molar-refractivity contribution in [2.75, 3.05) is 0 Å². The fraction of sp³-hybridized carbons (Fsp3) is 0.143. The van der Waals surface area contributed by atoms with Gasteiger partial charge in [-0.05, 0) is 52.6 Å². The average molecular weight is 180 g/mol. The molecule has 0 N–H and O–H groups in total. The molecule has 14 heavy (non-hydrogen) atoms. The Morgan fingerprint density at radius 1 is 0.786 bits per heavy atom.